The molecule has 8 heteroatoms. The van der Waals surface area contributed by atoms with Gasteiger partial charge in [0, 0.05) is 18.9 Å². The van der Waals surface area contributed by atoms with Crippen LogP contribution in [-0.4, -0.2) is 33.8 Å². The lowest BCUT2D eigenvalue weighted by Gasteiger charge is -2.23. The molecule has 4 rings (SSSR count). The van der Waals surface area contributed by atoms with E-state index in [4.69, 9.17) is 20.8 Å². The van der Waals surface area contributed by atoms with Crippen molar-refractivity contribution in [3.05, 3.63) is 88.1 Å². The van der Waals surface area contributed by atoms with Crippen LogP contribution in [0.5, 0.6) is 5.75 Å². The van der Waals surface area contributed by atoms with Crippen molar-refractivity contribution in [2.45, 2.75) is 19.5 Å². The molecule has 7 nitrogen and oxygen atoms in total. The molecule has 2 aromatic heterocycles. The quantitative estimate of drug-likeness (QED) is 0.363. The standard InChI is InChI=1S/C23H19ClN2O5/c1-13-9-15(22(30-2)16(24)10-13)20(27)18-19(17-6-4-8-31-17)26(23(29)21(18)28)12-14-5-3-7-25-11-14/h3-11,19,27H,12H2,1-2H3/b20-18-. The number of carbonyl (C=O) groups is 2. The molecule has 0 aliphatic carbocycles. The molecular formula is C23H19ClN2O5. The maximum absolute atomic E-state index is 13.1. The number of likely N-dealkylation sites (tertiary alicyclic amines) is 1. The van der Waals surface area contributed by atoms with Crippen LogP contribution in [0.25, 0.3) is 5.76 Å². The number of benzene rings is 1. The highest BCUT2D eigenvalue weighted by atomic mass is 35.5. The zero-order valence-electron chi connectivity index (χ0n) is 16.8. The molecule has 158 valence electrons. The molecule has 1 saturated heterocycles. The summed E-state index contributed by atoms with van der Waals surface area (Å²) in [6.45, 7) is 1.92. The molecule has 1 amide bonds. The summed E-state index contributed by atoms with van der Waals surface area (Å²) in [6, 6.07) is 9.27. The third-order valence-corrected chi connectivity index (χ3v) is 5.36. The highest BCUT2D eigenvalue weighted by Crippen LogP contribution is 2.43. The third-order valence-electron chi connectivity index (χ3n) is 5.08. The Morgan fingerprint density at radius 2 is 2.10 bits per heavy atom. The number of nitrogens with zero attached hydrogens (tertiary/aromatic N) is 2. The molecule has 1 unspecified atom stereocenters. The van der Waals surface area contributed by atoms with Crippen LogP contribution in [-0.2, 0) is 16.1 Å². The maximum Gasteiger partial charge on any atom is 0.296 e. The van der Waals surface area contributed by atoms with Gasteiger partial charge in [-0.1, -0.05) is 17.7 Å². The zero-order valence-corrected chi connectivity index (χ0v) is 17.6. The van der Waals surface area contributed by atoms with Crippen molar-refractivity contribution < 1.29 is 23.8 Å². The number of furan rings is 1. The Bertz CT molecular complexity index is 1170. The second-order valence-electron chi connectivity index (χ2n) is 7.13. The Morgan fingerprint density at radius 3 is 2.74 bits per heavy atom. The number of carbonyl (C=O) groups excluding carboxylic acids is 2. The number of amides is 1. The van der Waals surface area contributed by atoms with Gasteiger partial charge in [-0.3, -0.25) is 14.6 Å². The lowest BCUT2D eigenvalue weighted by molar-refractivity contribution is -0.140. The van der Waals surface area contributed by atoms with Crippen LogP contribution in [0.3, 0.4) is 0 Å². The normalized spacial score (nSPS) is 17.9. The summed E-state index contributed by atoms with van der Waals surface area (Å²) >= 11 is 6.28. The van der Waals surface area contributed by atoms with E-state index in [1.807, 2.05) is 0 Å². The number of halogens is 1. The number of aliphatic hydroxyl groups is 1. The van der Waals surface area contributed by atoms with Gasteiger partial charge in [-0.2, -0.15) is 0 Å². The number of rotatable bonds is 5. The van der Waals surface area contributed by atoms with Gasteiger partial charge in [0.2, 0.25) is 0 Å². The van der Waals surface area contributed by atoms with E-state index >= 15 is 0 Å². The fourth-order valence-corrected chi connectivity index (χ4v) is 4.08. The molecule has 1 atom stereocenters. The summed E-state index contributed by atoms with van der Waals surface area (Å²) in [6.07, 6.45) is 4.68. The average Bonchev–Trinajstić information content (AvgIpc) is 3.36. The van der Waals surface area contributed by atoms with Gasteiger partial charge < -0.3 is 19.2 Å². The van der Waals surface area contributed by atoms with Gasteiger partial charge in [-0.25, -0.2) is 0 Å². The first-order valence-electron chi connectivity index (χ1n) is 9.47. The molecule has 3 heterocycles. The summed E-state index contributed by atoms with van der Waals surface area (Å²) in [7, 11) is 1.42. The number of Topliss-reactive ketones (excluding diaryl/α,β-unsaturated/α-hetero) is 1. The molecule has 1 aliphatic rings. The summed E-state index contributed by atoms with van der Waals surface area (Å²) in [5.41, 5.74) is 1.62. The second kappa shape index (κ2) is 8.28. The number of methoxy groups -OCH3 is 1. The molecule has 1 N–H and O–H groups in total. The van der Waals surface area contributed by atoms with Crippen molar-refractivity contribution in [2.75, 3.05) is 7.11 Å². The van der Waals surface area contributed by atoms with E-state index < -0.39 is 17.7 Å². The summed E-state index contributed by atoms with van der Waals surface area (Å²) < 4.78 is 10.9. The van der Waals surface area contributed by atoms with Crippen molar-refractivity contribution in [3.63, 3.8) is 0 Å². The van der Waals surface area contributed by atoms with E-state index in [0.29, 0.717) is 5.76 Å². The van der Waals surface area contributed by atoms with Gasteiger partial charge in [0.15, 0.2) is 0 Å². The van der Waals surface area contributed by atoms with E-state index in [2.05, 4.69) is 4.98 Å². The Balaban J connectivity index is 1.90. The van der Waals surface area contributed by atoms with Crippen molar-refractivity contribution >= 4 is 29.1 Å². The molecule has 0 saturated carbocycles. The van der Waals surface area contributed by atoms with Gasteiger partial charge in [0.05, 0.1) is 29.5 Å². The topological polar surface area (TPSA) is 92.9 Å². The van der Waals surface area contributed by atoms with Gasteiger partial charge in [0.25, 0.3) is 11.7 Å². The fourth-order valence-electron chi connectivity index (χ4n) is 3.73. The second-order valence-corrected chi connectivity index (χ2v) is 7.54. The van der Waals surface area contributed by atoms with Crippen LogP contribution in [0.15, 0.2) is 65.0 Å². The van der Waals surface area contributed by atoms with Crippen LogP contribution < -0.4 is 4.74 Å². The van der Waals surface area contributed by atoms with Crippen LogP contribution in [0.4, 0.5) is 0 Å². The minimum absolute atomic E-state index is 0.0937. The third kappa shape index (κ3) is 3.68. The fraction of sp³-hybridized carbons (Fsp3) is 0.174. The van der Waals surface area contributed by atoms with Crippen molar-refractivity contribution in [2.24, 2.45) is 0 Å². The number of aromatic nitrogens is 1. The summed E-state index contributed by atoms with van der Waals surface area (Å²) in [5, 5.41) is 11.5. The highest BCUT2D eigenvalue weighted by Gasteiger charge is 2.47. The Labute approximate surface area is 183 Å². The van der Waals surface area contributed by atoms with E-state index in [9.17, 15) is 14.7 Å². The largest absolute Gasteiger partial charge is 0.507 e. The zero-order chi connectivity index (χ0) is 22.1. The summed E-state index contributed by atoms with van der Waals surface area (Å²) in [4.78, 5) is 31.4. The van der Waals surface area contributed by atoms with Crippen LogP contribution in [0, 0.1) is 6.92 Å². The van der Waals surface area contributed by atoms with Crippen molar-refractivity contribution in [3.8, 4) is 5.75 Å². The number of hydrogen-bond acceptors (Lipinski definition) is 6. The van der Waals surface area contributed by atoms with Gasteiger partial charge in [0.1, 0.15) is 23.3 Å². The predicted molar refractivity (Wildman–Crippen MR) is 114 cm³/mol. The first kappa shape index (κ1) is 20.7. The van der Waals surface area contributed by atoms with E-state index in [1.54, 1.807) is 55.7 Å². The Kier molecular flexibility index (Phi) is 5.52. The van der Waals surface area contributed by atoms with Crippen LogP contribution >= 0.6 is 11.6 Å². The van der Waals surface area contributed by atoms with Gasteiger partial charge >= 0.3 is 0 Å². The van der Waals surface area contributed by atoms with Crippen molar-refractivity contribution in [1.82, 2.24) is 9.88 Å². The van der Waals surface area contributed by atoms with Crippen LogP contribution in [0.1, 0.15) is 28.5 Å². The smallest absolute Gasteiger partial charge is 0.296 e. The van der Waals surface area contributed by atoms with E-state index in [1.165, 1.54) is 18.3 Å². The lowest BCUT2D eigenvalue weighted by Crippen LogP contribution is -2.29. The number of ether oxygens (including phenoxy) is 1. The minimum Gasteiger partial charge on any atom is -0.507 e. The molecule has 0 bridgehead atoms. The highest BCUT2D eigenvalue weighted by molar-refractivity contribution is 6.46. The number of aliphatic hydroxyl groups excluding tert-OH is 1. The van der Waals surface area contributed by atoms with E-state index in [-0.39, 0.29) is 34.2 Å². The van der Waals surface area contributed by atoms with Crippen molar-refractivity contribution in [1.29, 1.82) is 0 Å². The van der Waals surface area contributed by atoms with Crippen LogP contribution in [0.2, 0.25) is 5.02 Å². The molecule has 1 aromatic carbocycles. The number of aryl methyl sites for hydroxylation is 1. The minimum atomic E-state index is -0.917. The molecule has 3 aromatic rings. The molecule has 0 spiro atoms. The molecule has 1 aliphatic heterocycles. The lowest BCUT2D eigenvalue weighted by atomic mass is 9.97. The maximum atomic E-state index is 13.1. The Morgan fingerprint density at radius 1 is 1.29 bits per heavy atom. The molecule has 0 radical (unpaired) electrons. The SMILES string of the molecule is COc1c(Cl)cc(C)cc1/C(O)=C1/C(=O)C(=O)N(Cc2cccnc2)C1c1ccco1. The monoisotopic (exact) mass is 438 g/mol. The molecule has 1 fully saturated rings. The first-order chi connectivity index (χ1) is 14.9. The van der Waals surface area contributed by atoms with Gasteiger partial charge in [-0.05, 0) is 48.4 Å². The average molecular weight is 439 g/mol. The number of ketones is 1. The number of pyridine rings is 1. The first-order valence-corrected chi connectivity index (χ1v) is 9.85. The number of hydrogen-bond donors (Lipinski definition) is 1. The molecular weight excluding hydrogens is 420 g/mol. The Hall–Kier alpha value is -3.58. The summed E-state index contributed by atoms with van der Waals surface area (Å²) in [5.74, 6) is -1.38. The molecule has 31 heavy (non-hydrogen) atoms. The van der Waals surface area contributed by atoms with Gasteiger partial charge in [-0.15, -0.1) is 0 Å². The van der Waals surface area contributed by atoms with E-state index in [0.717, 1.165) is 11.1 Å². The predicted octanol–water partition coefficient (Wildman–Crippen LogP) is 4.27.